The number of nitrogens with zero attached hydrogens (tertiary/aromatic N) is 1. The van der Waals surface area contributed by atoms with Gasteiger partial charge in [-0.15, -0.1) is 0 Å². The van der Waals surface area contributed by atoms with Gasteiger partial charge in [-0.3, -0.25) is 19.3 Å². The molecule has 3 rings (SSSR count). The number of imide groups is 1. The van der Waals surface area contributed by atoms with Crippen molar-refractivity contribution in [3.8, 4) is 0 Å². The van der Waals surface area contributed by atoms with Gasteiger partial charge in [0.25, 0.3) is 17.7 Å². The Labute approximate surface area is 127 Å². The normalized spacial score (nSPS) is 22.8. The molecule has 2 aliphatic heterocycles. The van der Waals surface area contributed by atoms with Gasteiger partial charge in [-0.05, 0) is 24.6 Å². The predicted octanol–water partition coefficient (Wildman–Crippen LogP) is -0.171. The predicted molar refractivity (Wildman–Crippen MR) is 77.4 cm³/mol. The molecule has 2 aliphatic rings. The van der Waals surface area contributed by atoms with Crippen LogP contribution in [0.15, 0.2) is 18.2 Å². The second-order valence-corrected chi connectivity index (χ2v) is 7.73. The quantitative estimate of drug-likeness (QED) is 0.762. The lowest BCUT2D eigenvalue weighted by Gasteiger charge is -2.11. The Morgan fingerprint density at radius 2 is 1.91 bits per heavy atom. The zero-order valence-electron chi connectivity index (χ0n) is 11.8. The SMILES string of the molecule is CN1C(=O)c2ccc(C(=O)NC3CCS(=O)(=O)C3)cc2C1=O. The van der Waals surface area contributed by atoms with E-state index in [2.05, 4.69) is 5.32 Å². The van der Waals surface area contributed by atoms with Crippen LogP contribution in [0.25, 0.3) is 0 Å². The van der Waals surface area contributed by atoms with Crippen LogP contribution in [0.2, 0.25) is 0 Å². The lowest BCUT2D eigenvalue weighted by molar-refractivity contribution is 0.0693. The van der Waals surface area contributed by atoms with Crippen LogP contribution in [0.4, 0.5) is 0 Å². The molecule has 8 heteroatoms. The van der Waals surface area contributed by atoms with Crippen molar-refractivity contribution in [1.82, 2.24) is 10.2 Å². The van der Waals surface area contributed by atoms with E-state index >= 15 is 0 Å². The fourth-order valence-corrected chi connectivity index (χ4v) is 4.35. The van der Waals surface area contributed by atoms with Crippen LogP contribution in [-0.4, -0.2) is 55.6 Å². The van der Waals surface area contributed by atoms with Crippen molar-refractivity contribution in [3.63, 3.8) is 0 Å². The zero-order valence-corrected chi connectivity index (χ0v) is 12.6. The van der Waals surface area contributed by atoms with Gasteiger partial charge in [-0.25, -0.2) is 8.42 Å². The second-order valence-electron chi connectivity index (χ2n) is 5.50. The smallest absolute Gasteiger partial charge is 0.261 e. The molecule has 0 radical (unpaired) electrons. The van der Waals surface area contributed by atoms with Gasteiger partial charge < -0.3 is 5.32 Å². The number of hydrogen-bond donors (Lipinski definition) is 1. The summed E-state index contributed by atoms with van der Waals surface area (Å²) >= 11 is 0. The van der Waals surface area contributed by atoms with Crippen LogP contribution in [0.1, 0.15) is 37.5 Å². The molecule has 116 valence electrons. The summed E-state index contributed by atoms with van der Waals surface area (Å²) < 4.78 is 22.8. The number of rotatable bonds is 2. The molecule has 1 atom stereocenters. The van der Waals surface area contributed by atoms with Crippen molar-refractivity contribution >= 4 is 27.6 Å². The van der Waals surface area contributed by atoms with Gasteiger partial charge in [0.2, 0.25) is 0 Å². The Bertz CT molecular complexity index is 799. The largest absolute Gasteiger partial charge is 0.348 e. The summed E-state index contributed by atoms with van der Waals surface area (Å²) in [6.45, 7) is 0. The number of carbonyl (C=O) groups excluding carboxylic acids is 3. The molecule has 1 fully saturated rings. The van der Waals surface area contributed by atoms with Crippen molar-refractivity contribution in [2.24, 2.45) is 0 Å². The molecule has 0 bridgehead atoms. The zero-order chi connectivity index (χ0) is 16.1. The van der Waals surface area contributed by atoms with Crippen LogP contribution in [0.5, 0.6) is 0 Å². The highest BCUT2D eigenvalue weighted by Gasteiger charge is 2.34. The van der Waals surface area contributed by atoms with Crippen molar-refractivity contribution in [2.75, 3.05) is 18.6 Å². The molecular weight excluding hydrogens is 308 g/mol. The molecule has 7 nitrogen and oxygen atoms in total. The number of benzene rings is 1. The number of hydrogen-bond acceptors (Lipinski definition) is 5. The van der Waals surface area contributed by atoms with Gasteiger partial charge in [0.05, 0.1) is 22.6 Å². The summed E-state index contributed by atoms with van der Waals surface area (Å²) in [6, 6.07) is 3.87. The lowest BCUT2D eigenvalue weighted by Crippen LogP contribution is -2.35. The van der Waals surface area contributed by atoms with Gasteiger partial charge >= 0.3 is 0 Å². The molecule has 0 aliphatic carbocycles. The van der Waals surface area contributed by atoms with E-state index in [0.29, 0.717) is 6.42 Å². The molecule has 2 heterocycles. The third kappa shape index (κ3) is 2.39. The standard InChI is InChI=1S/C14H14N2O5S/c1-16-13(18)10-3-2-8(6-11(10)14(16)19)12(17)15-9-4-5-22(20,21)7-9/h2-3,6,9H,4-5,7H2,1H3,(H,15,17). The first-order chi connectivity index (χ1) is 10.3. The highest BCUT2D eigenvalue weighted by molar-refractivity contribution is 7.91. The molecular formula is C14H14N2O5S. The Kier molecular flexibility index (Phi) is 3.28. The van der Waals surface area contributed by atoms with E-state index < -0.39 is 33.6 Å². The molecule has 1 aromatic carbocycles. The van der Waals surface area contributed by atoms with E-state index in [1.807, 2.05) is 0 Å². The van der Waals surface area contributed by atoms with E-state index in [1.54, 1.807) is 0 Å². The average molecular weight is 322 g/mol. The third-order valence-electron chi connectivity index (χ3n) is 3.92. The van der Waals surface area contributed by atoms with Gasteiger partial charge in [0.15, 0.2) is 9.84 Å². The summed E-state index contributed by atoms with van der Waals surface area (Å²) in [5.74, 6) is -1.28. The number of amides is 3. The van der Waals surface area contributed by atoms with E-state index in [-0.39, 0.29) is 28.2 Å². The first-order valence-corrected chi connectivity index (χ1v) is 8.58. The highest BCUT2D eigenvalue weighted by Crippen LogP contribution is 2.23. The molecule has 1 unspecified atom stereocenters. The Balaban J connectivity index is 1.81. The van der Waals surface area contributed by atoms with Gasteiger partial charge in [0.1, 0.15) is 0 Å². The summed E-state index contributed by atoms with van der Waals surface area (Å²) in [4.78, 5) is 36.8. The number of carbonyl (C=O) groups is 3. The van der Waals surface area contributed by atoms with E-state index in [0.717, 1.165) is 4.90 Å². The summed E-state index contributed by atoms with van der Waals surface area (Å²) in [5.41, 5.74) is 0.700. The van der Waals surface area contributed by atoms with E-state index in [9.17, 15) is 22.8 Å². The topological polar surface area (TPSA) is 101 Å². The maximum atomic E-state index is 12.2. The molecule has 0 spiro atoms. The third-order valence-corrected chi connectivity index (χ3v) is 5.69. The maximum Gasteiger partial charge on any atom is 0.261 e. The minimum Gasteiger partial charge on any atom is -0.348 e. The minimum atomic E-state index is -3.08. The molecule has 22 heavy (non-hydrogen) atoms. The molecule has 0 aromatic heterocycles. The fourth-order valence-electron chi connectivity index (χ4n) is 2.68. The fraction of sp³-hybridized carbons (Fsp3) is 0.357. The van der Waals surface area contributed by atoms with Crippen LogP contribution >= 0.6 is 0 Å². The van der Waals surface area contributed by atoms with Crippen LogP contribution in [0, 0.1) is 0 Å². The van der Waals surface area contributed by atoms with Gasteiger partial charge in [0, 0.05) is 18.7 Å². The summed E-state index contributed by atoms with van der Waals surface area (Å²) in [5, 5.41) is 2.65. The van der Waals surface area contributed by atoms with Crippen LogP contribution in [0.3, 0.4) is 0 Å². The molecule has 1 N–H and O–H groups in total. The Morgan fingerprint density at radius 3 is 2.55 bits per heavy atom. The maximum absolute atomic E-state index is 12.2. The van der Waals surface area contributed by atoms with Crippen molar-refractivity contribution in [1.29, 1.82) is 0 Å². The second kappa shape index (κ2) is 4.91. The van der Waals surface area contributed by atoms with E-state index in [4.69, 9.17) is 0 Å². The molecule has 1 saturated heterocycles. The Morgan fingerprint density at radius 1 is 1.23 bits per heavy atom. The summed E-state index contributed by atoms with van der Waals surface area (Å²) in [6.07, 6.45) is 0.388. The number of sulfone groups is 1. The van der Waals surface area contributed by atoms with Crippen molar-refractivity contribution in [3.05, 3.63) is 34.9 Å². The minimum absolute atomic E-state index is 0.0656. The number of nitrogens with one attached hydrogen (secondary N) is 1. The highest BCUT2D eigenvalue weighted by atomic mass is 32.2. The number of fused-ring (bicyclic) bond motifs is 1. The summed E-state index contributed by atoms with van der Waals surface area (Å²) in [7, 11) is -1.69. The van der Waals surface area contributed by atoms with Gasteiger partial charge in [-0.1, -0.05) is 0 Å². The molecule has 0 saturated carbocycles. The first-order valence-electron chi connectivity index (χ1n) is 6.76. The van der Waals surface area contributed by atoms with Crippen molar-refractivity contribution in [2.45, 2.75) is 12.5 Å². The van der Waals surface area contributed by atoms with Crippen LogP contribution in [-0.2, 0) is 9.84 Å². The molecule has 1 aromatic rings. The van der Waals surface area contributed by atoms with Crippen molar-refractivity contribution < 1.29 is 22.8 Å². The van der Waals surface area contributed by atoms with Crippen LogP contribution < -0.4 is 5.32 Å². The average Bonchev–Trinajstić information content (AvgIpc) is 2.92. The lowest BCUT2D eigenvalue weighted by atomic mass is 10.0. The van der Waals surface area contributed by atoms with Gasteiger partial charge in [-0.2, -0.15) is 0 Å². The first kappa shape index (κ1) is 14.7. The monoisotopic (exact) mass is 322 g/mol. The van der Waals surface area contributed by atoms with E-state index in [1.165, 1.54) is 25.2 Å². The molecule has 3 amide bonds. The Hall–Kier alpha value is -2.22.